The van der Waals surface area contributed by atoms with Crippen molar-refractivity contribution in [1.29, 1.82) is 0 Å². The van der Waals surface area contributed by atoms with Crippen LogP contribution in [0, 0.1) is 0 Å². The monoisotopic (exact) mass is 354 g/mol. The zero-order valence-electron chi connectivity index (χ0n) is 14.4. The van der Waals surface area contributed by atoms with Crippen LogP contribution in [0.4, 0.5) is 5.69 Å². The number of nitrogens with zero attached hydrogens (tertiary/aromatic N) is 3. The molecule has 0 radical (unpaired) electrons. The molecule has 0 fully saturated rings. The number of ether oxygens (including phenoxy) is 2. The van der Waals surface area contributed by atoms with E-state index in [2.05, 4.69) is 20.4 Å². The molecule has 3 rings (SSSR count). The molecule has 3 aromatic rings. The number of amides is 1. The number of carbonyl (C=O) groups excluding carboxylic acids is 1. The van der Waals surface area contributed by atoms with E-state index in [1.165, 1.54) is 7.11 Å². The molecular weight excluding hydrogens is 336 g/mol. The summed E-state index contributed by atoms with van der Waals surface area (Å²) < 4.78 is 15.6. The number of carbonyl (C=O) groups is 1. The Kier molecular flexibility index (Phi) is 5.43. The topological polar surface area (TPSA) is 99.4 Å². The number of aromatic nitrogens is 3. The minimum Gasteiger partial charge on any atom is -0.497 e. The fraction of sp³-hybridized carbons (Fsp3) is 0.222. The summed E-state index contributed by atoms with van der Waals surface area (Å²) in [5.74, 6) is 1.85. The van der Waals surface area contributed by atoms with Crippen molar-refractivity contribution in [3.8, 4) is 22.9 Å². The van der Waals surface area contributed by atoms with E-state index < -0.39 is 0 Å². The van der Waals surface area contributed by atoms with Gasteiger partial charge in [0.05, 0.1) is 19.9 Å². The lowest BCUT2D eigenvalue weighted by Gasteiger charge is -2.11. The van der Waals surface area contributed by atoms with Crippen molar-refractivity contribution >= 4 is 11.6 Å². The van der Waals surface area contributed by atoms with Gasteiger partial charge in [0.25, 0.3) is 0 Å². The smallest absolute Gasteiger partial charge is 0.227 e. The van der Waals surface area contributed by atoms with Gasteiger partial charge in [-0.15, -0.1) is 0 Å². The maximum absolute atomic E-state index is 12.2. The predicted octanol–water partition coefficient (Wildman–Crippen LogP) is 2.72. The highest BCUT2D eigenvalue weighted by atomic mass is 16.5. The lowest BCUT2D eigenvalue weighted by molar-refractivity contribution is -0.116. The third kappa shape index (κ3) is 4.15. The van der Waals surface area contributed by atoms with Gasteiger partial charge in [0.2, 0.25) is 17.6 Å². The fourth-order valence-corrected chi connectivity index (χ4v) is 2.32. The van der Waals surface area contributed by atoms with Crippen molar-refractivity contribution in [1.82, 2.24) is 15.1 Å². The molecule has 2 heterocycles. The van der Waals surface area contributed by atoms with Gasteiger partial charge in [-0.1, -0.05) is 5.16 Å². The first-order valence-electron chi connectivity index (χ1n) is 7.94. The molecular formula is C18H18N4O4. The average molecular weight is 354 g/mol. The molecule has 0 saturated carbocycles. The van der Waals surface area contributed by atoms with Gasteiger partial charge in [-0.2, -0.15) is 4.98 Å². The molecule has 0 bridgehead atoms. The molecule has 1 amide bonds. The van der Waals surface area contributed by atoms with Crippen molar-refractivity contribution in [3.63, 3.8) is 0 Å². The van der Waals surface area contributed by atoms with E-state index in [0.29, 0.717) is 35.3 Å². The summed E-state index contributed by atoms with van der Waals surface area (Å²) in [4.78, 5) is 20.5. The zero-order chi connectivity index (χ0) is 18.4. The molecule has 2 aromatic heterocycles. The van der Waals surface area contributed by atoms with Crippen molar-refractivity contribution in [2.75, 3.05) is 19.5 Å². The summed E-state index contributed by atoms with van der Waals surface area (Å²) in [6.45, 7) is 0. The van der Waals surface area contributed by atoms with E-state index in [-0.39, 0.29) is 12.3 Å². The highest BCUT2D eigenvalue weighted by Gasteiger charge is 2.13. The third-order valence-corrected chi connectivity index (χ3v) is 3.65. The van der Waals surface area contributed by atoms with Gasteiger partial charge in [-0.25, -0.2) is 0 Å². The Labute approximate surface area is 150 Å². The highest BCUT2D eigenvalue weighted by molar-refractivity contribution is 5.92. The summed E-state index contributed by atoms with van der Waals surface area (Å²) in [5, 5.41) is 6.72. The summed E-state index contributed by atoms with van der Waals surface area (Å²) >= 11 is 0. The lowest BCUT2D eigenvalue weighted by atomic mass is 10.2. The number of pyridine rings is 1. The summed E-state index contributed by atoms with van der Waals surface area (Å²) in [6.07, 6.45) is 3.83. The Hall–Kier alpha value is -3.42. The SMILES string of the molecule is COc1ccc(OC)c(NC(=O)CCc2nc(-c3ccncc3)no2)c1. The Bertz CT molecular complexity index is 880. The first-order valence-corrected chi connectivity index (χ1v) is 7.94. The van der Waals surface area contributed by atoms with E-state index >= 15 is 0 Å². The van der Waals surface area contributed by atoms with E-state index in [1.807, 2.05) is 0 Å². The van der Waals surface area contributed by atoms with Crippen LogP contribution in [0.15, 0.2) is 47.2 Å². The van der Waals surface area contributed by atoms with Gasteiger partial charge >= 0.3 is 0 Å². The van der Waals surface area contributed by atoms with Crippen LogP contribution in [-0.4, -0.2) is 35.3 Å². The number of aryl methyl sites for hydroxylation is 1. The molecule has 0 aliphatic rings. The Morgan fingerprint density at radius 1 is 1.15 bits per heavy atom. The maximum Gasteiger partial charge on any atom is 0.227 e. The van der Waals surface area contributed by atoms with Gasteiger partial charge in [0.1, 0.15) is 11.5 Å². The normalized spacial score (nSPS) is 10.4. The van der Waals surface area contributed by atoms with Crippen LogP contribution in [0.3, 0.4) is 0 Å². The Morgan fingerprint density at radius 3 is 2.69 bits per heavy atom. The summed E-state index contributed by atoms with van der Waals surface area (Å²) in [5.41, 5.74) is 1.35. The molecule has 0 atom stereocenters. The molecule has 0 saturated heterocycles. The second-order valence-electron chi connectivity index (χ2n) is 5.36. The summed E-state index contributed by atoms with van der Waals surface area (Å²) in [7, 11) is 3.10. The molecule has 1 aromatic carbocycles. The van der Waals surface area contributed by atoms with E-state index in [4.69, 9.17) is 14.0 Å². The van der Waals surface area contributed by atoms with Gasteiger partial charge in [-0.3, -0.25) is 9.78 Å². The molecule has 8 nitrogen and oxygen atoms in total. The minimum atomic E-state index is -0.194. The second-order valence-corrected chi connectivity index (χ2v) is 5.36. The van der Waals surface area contributed by atoms with Crippen LogP contribution in [0.1, 0.15) is 12.3 Å². The number of rotatable bonds is 7. The number of anilines is 1. The summed E-state index contributed by atoms with van der Waals surface area (Å²) in [6, 6.07) is 8.76. The Morgan fingerprint density at radius 2 is 1.96 bits per heavy atom. The van der Waals surface area contributed by atoms with Gasteiger partial charge in [0.15, 0.2) is 0 Å². The number of hydrogen-bond donors (Lipinski definition) is 1. The molecule has 8 heteroatoms. The highest BCUT2D eigenvalue weighted by Crippen LogP contribution is 2.29. The quantitative estimate of drug-likeness (QED) is 0.696. The van der Waals surface area contributed by atoms with Crippen LogP contribution in [-0.2, 0) is 11.2 Å². The van der Waals surface area contributed by atoms with Crippen LogP contribution < -0.4 is 14.8 Å². The molecule has 0 aliphatic heterocycles. The van der Waals surface area contributed by atoms with E-state index in [0.717, 1.165) is 5.56 Å². The molecule has 1 N–H and O–H groups in total. The van der Waals surface area contributed by atoms with Crippen molar-refractivity contribution in [2.45, 2.75) is 12.8 Å². The van der Waals surface area contributed by atoms with Crippen molar-refractivity contribution in [3.05, 3.63) is 48.6 Å². The largest absolute Gasteiger partial charge is 0.497 e. The zero-order valence-corrected chi connectivity index (χ0v) is 14.4. The van der Waals surface area contributed by atoms with E-state index in [9.17, 15) is 4.79 Å². The van der Waals surface area contributed by atoms with E-state index in [1.54, 1.807) is 49.8 Å². The fourth-order valence-electron chi connectivity index (χ4n) is 2.32. The minimum absolute atomic E-state index is 0.193. The first-order chi connectivity index (χ1) is 12.7. The maximum atomic E-state index is 12.2. The van der Waals surface area contributed by atoms with Crippen LogP contribution in [0.5, 0.6) is 11.5 Å². The lowest BCUT2D eigenvalue weighted by Crippen LogP contribution is -2.13. The molecule has 0 spiro atoms. The van der Waals surface area contributed by atoms with Gasteiger partial charge in [0, 0.05) is 36.9 Å². The molecule has 26 heavy (non-hydrogen) atoms. The second kappa shape index (κ2) is 8.11. The number of benzene rings is 1. The number of nitrogens with one attached hydrogen (secondary N) is 1. The number of hydrogen-bond acceptors (Lipinski definition) is 7. The standard InChI is InChI=1S/C18H18N4O4/c1-24-13-3-4-15(25-2)14(11-13)20-16(23)5-6-17-21-18(22-26-17)12-7-9-19-10-8-12/h3-4,7-11H,5-6H2,1-2H3,(H,20,23). The van der Waals surface area contributed by atoms with Crippen LogP contribution >= 0.6 is 0 Å². The van der Waals surface area contributed by atoms with Crippen LogP contribution in [0.25, 0.3) is 11.4 Å². The molecule has 134 valence electrons. The van der Waals surface area contributed by atoms with Gasteiger partial charge in [-0.05, 0) is 24.3 Å². The third-order valence-electron chi connectivity index (χ3n) is 3.65. The predicted molar refractivity (Wildman–Crippen MR) is 94.0 cm³/mol. The number of methoxy groups -OCH3 is 2. The average Bonchev–Trinajstić information content (AvgIpc) is 3.16. The molecule has 0 unspecified atom stereocenters. The Balaban J connectivity index is 1.61. The molecule has 0 aliphatic carbocycles. The van der Waals surface area contributed by atoms with Crippen molar-refractivity contribution < 1.29 is 18.8 Å². The van der Waals surface area contributed by atoms with Crippen LogP contribution in [0.2, 0.25) is 0 Å². The first kappa shape index (κ1) is 17.4. The van der Waals surface area contributed by atoms with Gasteiger partial charge < -0.3 is 19.3 Å². The van der Waals surface area contributed by atoms with Crippen molar-refractivity contribution in [2.24, 2.45) is 0 Å².